The summed E-state index contributed by atoms with van der Waals surface area (Å²) in [5.41, 5.74) is 3.45. The lowest BCUT2D eigenvalue weighted by atomic mass is 10.0. The predicted octanol–water partition coefficient (Wildman–Crippen LogP) is 1.94. The molecule has 37 heavy (non-hydrogen) atoms. The zero-order valence-electron chi connectivity index (χ0n) is 21.0. The van der Waals surface area contributed by atoms with Crippen LogP contribution in [-0.2, 0) is 32.5 Å². The fourth-order valence-electron chi connectivity index (χ4n) is 4.44. The van der Waals surface area contributed by atoms with Gasteiger partial charge in [0.05, 0.1) is 41.7 Å². The summed E-state index contributed by atoms with van der Waals surface area (Å²) in [7, 11) is -3.65. The van der Waals surface area contributed by atoms with Gasteiger partial charge in [0.1, 0.15) is 0 Å². The van der Waals surface area contributed by atoms with Crippen molar-refractivity contribution in [3.05, 3.63) is 64.7 Å². The molecule has 0 saturated carbocycles. The van der Waals surface area contributed by atoms with Gasteiger partial charge in [-0.2, -0.15) is 0 Å². The van der Waals surface area contributed by atoms with E-state index in [4.69, 9.17) is 4.74 Å². The Morgan fingerprint density at radius 1 is 1.14 bits per heavy atom. The standard InChI is InChI=1S/C26H32N4O6S/c1-26(37(2,34)35,17-30(33)19-31)9-10-29-18-27-24-15-22(7-8-23(24)25(29)32)21-5-3-20(4-6-21)16-28-11-13-36-14-12-28/h3-8,15,18-19,33H,9-14,16-17H2,1-2H3. The van der Waals surface area contributed by atoms with Crippen LogP contribution < -0.4 is 5.56 Å². The van der Waals surface area contributed by atoms with Gasteiger partial charge in [-0.15, -0.1) is 0 Å². The minimum Gasteiger partial charge on any atom is -0.379 e. The summed E-state index contributed by atoms with van der Waals surface area (Å²) < 4.78 is 30.0. The van der Waals surface area contributed by atoms with Crippen molar-refractivity contribution in [1.82, 2.24) is 19.5 Å². The van der Waals surface area contributed by atoms with Crippen molar-refractivity contribution in [1.29, 1.82) is 0 Å². The van der Waals surface area contributed by atoms with Gasteiger partial charge in [0.15, 0.2) is 9.84 Å². The molecule has 0 radical (unpaired) electrons. The SMILES string of the molecule is CC(CCn1cnc2cc(-c3ccc(CN4CCOCC4)cc3)ccc2c1=O)(CN(O)C=O)S(C)(=O)=O. The van der Waals surface area contributed by atoms with Gasteiger partial charge in [-0.25, -0.2) is 18.5 Å². The molecule has 11 heteroatoms. The van der Waals surface area contributed by atoms with Crippen molar-refractivity contribution < 1.29 is 23.2 Å². The number of morpholine rings is 1. The van der Waals surface area contributed by atoms with Gasteiger partial charge >= 0.3 is 0 Å². The third-order valence-electron chi connectivity index (χ3n) is 7.02. The molecule has 2 aromatic carbocycles. The first kappa shape index (κ1) is 26.9. The highest BCUT2D eigenvalue weighted by molar-refractivity contribution is 7.92. The number of amides is 1. The number of hydroxylamine groups is 2. The number of rotatable bonds is 10. The van der Waals surface area contributed by atoms with Crippen LogP contribution in [0.15, 0.2) is 53.6 Å². The Morgan fingerprint density at radius 3 is 2.46 bits per heavy atom. The van der Waals surface area contributed by atoms with Gasteiger partial charge in [0, 0.05) is 32.4 Å². The van der Waals surface area contributed by atoms with Crippen LogP contribution >= 0.6 is 0 Å². The Bertz CT molecular complexity index is 1420. The number of benzene rings is 2. The maximum absolute atomic E-state index is 13.1. The van der Waals surface area contributed by atoms with E-state index < -0.39 is 21.1 Å². The molecule has 3 aromatic rings. The number of hydrogen-bond donors (Lipinski definition) is 1. The summed E-state index contributed by atoms with van der Waals surface area (Å²) in [6.45, 7) is 5.37. The van der Waals surface area contributed by atoms with Crippen molar-refractivity contribution in [2.45, 2.75) is 31.2 Å². The van der Waals surface area contributed by atoms with E-state index in [9.17, 15) is 23.2 Å². The van der Waals surface area contributed by atoms with Gasteiger partial charge in [0.25, 0.3) is 5.56 Å². The molecule has 0 bridgehead atoms. The molecule has 10 nitrogen and oxygen atoms in total. The fourth-order valence-corrected chi connectivity index (χ4v) is 5.26. The highest BCUT2D eigenvalue weighted by atomic mass is 32.2. The molecule has 1 saturated heterocycles. The van der Waals surface area contributed by atoms with Crippen LogP contribution in [0.3, 0.4) is 0 Å². The van der Waals surface area contributed by atoms with Crippen LogP contribution in [0.5, 0.6) is 0 Å². The molecule has 4 rings (SSSR count). The summed E-state index contributed by atoms with van der Waals surface area (Å²) >= 11 is 0. The second kappa shape index (κ2) is 11.1. The van der Waals surface area contributed by atoms with E-state index in [1.165, 1.54) is 23.4 Å². The minimum atomic E-state index is -3.65. The molecule has 1 amide bonds. The van der Waals surface area contributed by atoms with E-state index in [1.807, 2.05) is 12.1 Å². The Morgan fingerprint density at radius 2 is 1.81 bits per heavy atom. The molecule has 1 aliphatic heterocycles. The van der Waals surface area contributed by atoms with Gasteiger partial charge in [-0.1, -0.05) is 30.3 Å². The van der Waals surface area contributed by atoms with Crippen molar-refractivity contribution in [2.24, 2.45) is 0 Å². The molecule has 0 aliphatic carbocycles. The summed E-state index contributed by atoms with van der Waals surface area (Å²) in [6, 6.07) is 13.8. The molecule has 1 atom stereocenters. The predicted molar refractivity (Wildman–Crippen MR) is 140 cm³/mol. The number of sulfone groups is 1. The summed E-state index contributed by atoms with van der Waals surface area (Å²) in [5, 5.41) is 10.3. The lowest BCUT2D eigenvalue weighted by Gasteiger charge is -2.29. The number of carbonyl (C=O) groups excluding carboxylic acids is 1. The Kier molecular flexibility index (Phi) is 8.08. The van der Waals surface area contributed by atoms with Crippen LogP contribution in [0.2, 0.25) is 0 Å². The smallest absolute Gasteiger partial charge is 0.261 e. The van der Waals surface area contributed by atoms with E-state index in [2.05, 4.69) is 34.1 Å². The van der Waals surface area contributed by atoms with Crippen LogP contribution in [0.1, 0.15) is 18.9 Å². The molecule has 1 unspecified atom stereocenters. The summed E-state index contributed by atoms with van der Waals surface area (Å²) in [5.74, 6) is 0. The van der Waals surface area contributed by atoms with Crippen LogP contribution in [0.4, 0.5) is 0 Å². The Labute approximate surface area is 216 Å². The maximum atomic E-state index is 13.1. The molecule has 1 aliphatic rings. The van der Waals surface area contributed by atoms with Crippen LogP contribution in [-0.4, -0.2) is 83.4 Å². The van der Waals surface area contributed by atoms with E-state index in [-0.39, 0.29) is 24.9 Å². The second-order valence-corrected chi connectivity index (χ2v) is 12.3. The fraction of sp³-hybridized carbons (Fsp3) is 0.423. The van der Waals surface area contributed by atoms with Crippen molar-refractivity contribution in [3.8, 4) is 11.1 Å². The van der Waals surface area contributed by atoms with Crippen LogP contribution in [0.25, 0.3) is 22.0 Å². The number of hydrogen-bond acceptors (Lipinski definition) is 8. The summed E-state index contributed by atoms with van der Waals surface area (Å²) in [6.07, 6.45) is 2.62. The molecule has 1 aromatic heterocycles. The minimum absolute atomic E-state index is 0.0126. The zero-order chi connectivity index (χ0) is 26.6. The van der Waals surface area contributed by atoms with Gasteiger partial charge < -0.3 is 4.74 Å². The molecule has 1 N–H and O–H groups in total. The third-order valence-corrected chi connectivity index (χ3v) is 9.14. The number of fused-ring (bicyclic) bond motifs is 1. The maximum Gasteiger partial charge on any atom is 0.261 e. The molecule has 1 fully saturated rings. The average molecular weight is 529 g/mol. The highest BCUT2D eigenvalue weighted by Crippen LogP contribution is 2.25. The highest BCUT2D eigenvalue weighted by Gasteiger charge is 2.37. The number of carbonyl (C=O) groups is 1. The number of nitrogens with zero attached hydrogens (tertiary/aromatic N) is 4. The Hall–Kier alpha value is -3.12. The Balaban J connectivity index is 1.51. The normalized spacial score (nSPS) is 16.4. The largest absolute Gasteiger partial charge is 0.379 e. The van der Waals surface area contributed by atoms with Gasteiger partial charge in [-0.05, 0) is 42.2 Å². The van der Waals surface area contributed by atoms with Gasteiger partial charge in [0.2, 0.25) is 6.41 Å². The first-order valence-electron chi connectivity index (χ1n) is 12.1. The van der Waals surface area contributed by atoms with E-state index in [1.54, 1.807) is 6.07 Å². The van der Waals surface area contributed by atoms with Crippen molar-refractivity contribution in [3.63, 3.8) is 0 Å². The van der Waals surface area contributed by atoms with E-state index in [0.29, 0.717) is 16.0 Å². The first-order valence-corrected chi connectivity index (χ1v) is 14.0. The van der Waals surface area contributed by atoms with Crippen molar-refractivity contribution in [2.75, 3.05) is 39.1 Å². The average Bonchev–Trinajstić information content (AvgIpc) is 2.88. The number of aryl methyl sites for hydroxylation is 1. The lowest BCUT2D eigenvalue weighted by Crippen LogP contribution is -2.46. The van der Waals surface area contributed by atoms with Gasteiger partial charge in [-0.3, -0.25) is 24.3 Å². The monoisotopic (exact) mass is 528 g/mol. The number of ether oxygens (including phenoxy) is 1. The molecule has 2 heterocycles. The van der Waals surface area contributed by atoms with Crippen LogP contribution in [0, 0.1) is 0 Å². The zero-order valence-corrected chi connectivity index (χ0v) is 21.9. The first-order chi connectivity index (χ1) is 17.6. The lowest BCUT2D eigenvalue weighted by molar-refractivity contribution is -0.151. The molecular weight excluding hydrogens is 496 g/mol. The van der Waals surface area contributed by atoms with E-state index in [0.717, 1.165) is 50.2 Å². The quantitative estimate of drug-likeness (QED) is 0.241. The third kappa shape index (κ3) is 6.24. The molecule has 0 spiro atoms. The van der Waals surface area contributed by atoms with Crippen molar-refractivity contribution >= 4 is 27.2 Å². The van der Waals surface area contributed by atoms with E-state index >= 15 is 0 Å². The topological polar surface area (TPSA) is 122 Å². The summed E-state index contributed by atoms with van der Waals surface area (Å²) in [4.78, 5) is 30.7. The second-order valence-electron chi connectivity index (χ2n) is 9.74. The molecule has 198 valence electrons. The number of aromatic nitrogens is 2. The molecular formula is C26H32N4O6S.